The van der Waals surface area contributed by atoms with E-state index in [1.54, 1.807) is 54.6 Å². The van der Waals surface area contributed by atoms with E-state index in [0.29, 0.717) is 11.1 Å². The van der Waals surface area contributed by atoms with Gasteiger partial charge in [0.1, 0.15) is 5.76 Å². The highest BCUT2D eigenvalue weighted by atomic mass is 79.9. The molecule has 28 heavy (non-hydrogen) atoms. The molecule has 2 aromatic carbocycles. The average molecular weight is 436 g/mol. The first-order chi connectivity index (χ1) is 13.6. The van der Waals surface area contributed by atoms with Crippen molar-refractivity contribution >= 4 is 39.3 Å². The fourth-order valence-electron chi connectivity index (χ4n) is 3.20. The van der Waals surface area contributed by atoms with Crippen molar-refractivity contribution in [3.05, 3.63) is 94.2 Å². The zero-order valence-corrected chi connectivity index (χ0v) is 16.1. The van der Waals surface area contributed by atoms with Gasteiger partial charge in [-0.2, -0.15) is 0 Å². The molecule has 0 radical (unpaired) electrons. The minimum absolute atomic E-state index is 0.00162. The van der Waals surface area contributed by atoms with E-state index in [1.165, 1.54) is 17.3 Å². The largest absolute Gasteiger partial charge is 0.507 e. The quantitative estimate of drug-likeness (QED) is 0.383. The van der Waals surface area contributed by atoms with E-state index < -0.39 is 17.7 Å². The second kappa shape index (κ2) is 7.36. The predicted molar refractivity (Wildman–Crippen MR) is 107 cm³/mol. The lowest BCUT2D eigenvalue weighted by Crippen LogP contribution is -2.31. The number of Topliss-reactive ketones (excluding diaryl/α,β-unsaturated/α-hetero) is 1. The summed E-state index contributed by atoms with van der Waals surface area (Å²) in [4.78, 5) is 35.2. The Bertz CT molecular complexity index is 1080. The SMILES string of the molecule is O=C1C(=O)N(c2ncccn2)[C@H](c2cccc(Br)c2)/C1=C(\O)c1ccccc1. The van der Waals surface area contributed by atoms with Gasteiger partial charge >= 0.3 is 5.91 Å². The second-order valence-electron chi connectivity index (χ2n) is 6.14. The molecule has 1 aromatic heterocycles. The fraction of sp³-hybridized carbons (Fsp3) is 0.0476. The Hall–Kier alpha value is -3.32. The number of carbonyl (C=O) groups excluding carboxylic acids is 2. The Morgan fingerprint density at radius 3 is 2.36 bits per heavy atom. The number of hydrogen-bond donors (Lipinski definition) is 1. The summed E-state index contributed by atoms with van der Waals surface area (Å²) in [6.07, 6.45) is 2.99. The fourth-order valence-corrected chi connectivity index (χ4v) is 3.61. The summed E-state index contributed by atoms with van der Waals surface area (Å²) < 4.78 is 0.782. The minimum Gasteiger partial charge on any atom is -0.507 e. The van der Waals surface area contributed by atoms with Crippen molar-refractivity contribution < 1.29 is 14.7 Å². The molecule has 7 heteroatoms. The molecule has 3 aromatic rings. The second-order valence-corrected chi connectivity index (χ2v) is 7.05. The van der Waals surface area contributed by atoms with Crippen molar-refractivity contribution in [3.63, 3.8) is 0 Å². The highest BCUT2D eigenvalue weighted by Gasteiger charge is 2.48. The molecule has 1 aliphatic rings. The average Bonchev–Trinajstić information content (AvgIpc) is 3.00. The van der Waals surface area contributed by atoms with Crippen LogP contribution in [-0.2, 0) is 9.59 Å². The van der Waals surface area contributed by atoms with Gasteiger partial charge in [-0.3, -0.25) is 14.5 Å². The summed E-state index contributed by atoms with van der Waals surface area (Å²) in [5.41, 5.74) is 1.11. The molecule has 4 rings (SSSR count). The van der Waals surface area contributed by atoms with Gasteiger partial charge in [-0.05, 0) is 23.8 Å². The lowest BCUT2D eigenvalue weighted by molar-refractivity contribution is -0.132. The van der Waals surface area contributed by atoms with E-state index in [1.807, 2.05) is 6.07 Å². The number of rotatable bonds is 3. The number of anilines is 1. The summed E-state index contributed by atoms with van der Waals surface area (Å²) in [5.74, 6) is -1.70. The number of aliphatic hydroxyl groups is 1. The van der Waals surface area contributed by atoms with E-state index in [-0.39, 0.29) is 17.3 Å². The van der Waals surface area contributed by atoms with Crippen molar-refractivity contribution in [1.29, 1.82) is 0 Å². The van der Waals surface area contributed by atoms with E-state index >= 15 is 0 Å². The van der Waals surface area contributed by atoms with Gasteiger partial charge < -0.3 is 5.11 Å². The highest BCUT2D eigenvalue weighted by molar-refractivity contribution is 9.10. The summed E-state index contributed by atoms with van der Waals surface area (Å²) in [6.45, 7) is 0. The molecule has 1 amide bonds. The number of benzene rings is 2. The zero-order valence-electron chi connectivity index (χ0n) is 14.5. The van der Waals surface area contributed by atoms with Gasteiger partial charge in [0.15, 0.2) is 0 Å². The molecular weight excluding hydrogens is 422 g/mol. The molecule has 1 saturated heterocycles. The van der Waals surface area contributed by atoms with Crippen molar-refractivity contribution in [2.24, 2.45) is 0 Å². The summed E-state index contributed by atoms with van der Waals surface area (Å²) in [5, 5.41) is 10.9. The maximum Gasteiger partial charge on any atom is 0.302 e. The molecule has 1 N–H and O–H groups in total. The minimum atomic E-state index is -0.847. The van der Waals surface area contributed by atoms with Crippen LogP contribution >= 0.6 is 15.9 Å². The number of hydrogen-bond acceptors (Lipinski definition) is 5. The third-order valence-electron chi connectivity index (χ3n) is 4.42. The van der Waals surface area contributed by atoms with Crippen LogP contribution in [0.2, 0.25) is 0 Å². The van der Waals surface area contributed by atoms with Crippen LogP contribution in [0.25, 0.3) is 5.76 Å². The van der Waals surface area contributed by atoms with Crippen LogP contribution in [0.5, 0.6) is 0 Å². The summed E-state index contributed by atoms with van der Waals surface area (Å²) >= 11 is 3.42. The lowest BCUT2D eigenvalue weighted by atomic mass is 9.95. The Balaban J connectivity index is 1.96. The van der Waals surface area contributed by atoms with Crippen LogP contribution < -0.4 is 4.90 Å². The Morgan fingerprint density at radius 1 is 0.964 bits per heavy atom. The Kier molecular flexibility index (Phi) is 4.75. The molecule has 1 atom stereocenters. The molecule has 138 valence electrons. The van der Waals surface area contributed by atoms with Gasteiger partial charge in [-0.1, -0.05) is 58.4 Å². The summed E-state index contributed by atoms with van der Waals surface area (Å²) in [6, 6.07) is 16.7. The van der Waals surface area contributed by atoms with Gasteiger partial charge in [-0.15, -0.1) is 0 Å². The number of carbonyl (C=O) groups is 2. The molecule has 0 aliphatic carbocycles. The summed E-state index contributed by atoms with van der Waals surface area (Å²) in [7, 11) is 0. The van der Waals surface area contributed by atoms with Crippen LogP contribution in [0, 0.1) is 0 Å². The lowest BCUT2D eigenvalue weighted by Gasteiger charge is -2.23. The van der Waals surface area contributed by atoms with Gasteiger partial charge in [-0.25, -0.2) is 9.97 Å². The van der Waals surface area contributed by atoms with Crippen LogP contribution in [-0.4, -0.2) is 26.8 Å². The molecule has 1 aliphatic heterocycles. The number of ketones is 1. The Morgan fingerprint density at radius 2 is 1.68 bits per heavy atom. The number of aromatic nitrogens is 2. The monoisotopic (exact) mass is 435 g/mol. The van der Waals surface area contributed by atoms with Crippen molar-refractivity contribution in [2.75, 3.05) is 4.90 Å². The van der Waals surface area contributed by atoms with E-state index in [9.17, 15) is 14.7 Å². The van der Waals surface area contributed by atoms with Gasteiger partial charge in [0, 0.05) is 22.4 Å². The van der Waals surface area contributed by atoms with Crippen molar-refractivity contribution in [2.45, 2.75) is 6.04 Å². The number of aliphatic hydroxyl groups excluding tert-OH is 1. The Labute approximate surface area is 169 Å². The molecule has 2 heterocycles. The van der Waals surface area contributed by atoms with Crippen LogP contribution in [0.1, 0.15) is 17.2 Å². The molecule has 0 unspecified atom stereocenters. The van der Waals surface area contributed by atoms with E-state index in [2.05, 4.69) is 25.9 Å². The standard InChI is InChI=1S/C21H14BrN3O3/c22-15-9-4-8-14(12-15)17-16(18(26)13-6-2-1-3-7-13)19(27)20(28)25(17)21-23-10-5-11-24-21/h1-12,17,26H/b18-16+/t17-/m1/s1. The van der Waals surface area contributed by atoms with Crippen LogP contribution in [0.3, 0.4) is 0 Å². The molecular formula is C21H14BrN3O3. The van der Waals surface area contributed by atoms with Gasteiger partial charge in [0.2, 0.25) is 5.95 Å². The number of amides is 1. The van der Waals surface area contributed by atoms with E-state index in [0.717, 1.165) is 4.47 Å². The first kappa shape index (κ1) is 18.1. The van der Waals surface area contributed by atoms with Crippen LogP contribution in [0.4, 0.5) is 5.95 Å². The topological polar surface area (TPSA) is 83.4 Å². The number of halogens is 1. The van der Waals surface area contributed by atoms with Gasteiger partial charge in [0.05, 0.1) is 11.6 Å². The highest BCUT2D eigenvalue weighted by Crippen LogP contribution is 2.41. The zero-order chi connectivity index (χ0) is 19.7. The maximum absolute atomic E-state index is 12.9. The van der Waals surface area contributed by atoms with E-state index in [4.69, 9.17) is 0 Å². The molecule has 1 fully saturated rings. The number of nitrogens with zero attached hydrogens (tertiary/aromatic N) is 3. The smallest absolute Gasteiger partial charge is 0.302 e. The third kappa shape index (κ3) is 3.10. The molecule has 0 spiro atoms. The van der Waals surface area contributed by atoms with Crippen molar-refractivity contribution in [3.8, 4) is 0 Å². The maximum atomic E-state index is 12.9. The molecule has 0 saturated carbocycles. The third-order valence-corrected chi connectivity index (χ3v) is 4.92. The normalized spacial score (nSPS) is 18.5. The van der Waals surface area contributed by atoms with Crippen LogP contribution in [0.15, 0.2) is 83.1 Å². The first-order valence-electron chi connectivity index (χ1n) is 8.47. The van der Waals surface area contributed by atoms with Gasteiger partial charge in [0.25, 0.3) is 5.78 Å². The molecule has 6 nitrogen and oxygen atoms in total. The molecule has 0 bridgehead atoms. The first-order valence-corrected chi connectivity index (χ1v) is 9.26. The predicted octanol–water partition coefficient (Wildman–Crippen LogP) is 3.87. The van der Waals surface area contributed by atoms with Crippen molar-refractivity contribution in [1.82, 2.24) is 9.97 Å².